The standard InChI is InChI=1S/C25H43NO5SSi/c1-10-29-22(27)25(15-18(3)4)16-19(17-31-33(8,9)24(5,6)7)21(20-13-12-14-32-20)26(25)23(28)30-11-2/h12-14,18-19,21H,10-11,15-17H2,1-9H3/t19-,21-,25+/m1/s1. The highest BCUT2D eigenvalue weighted by molar-refractivity contribution is 7.10. The number of amides is 1. The molecule has 1 amide bonds. The zero-order chi connectivity index (χ0) is 25.0. The quantitative estimate of drug-likeness (QED) is 0.283. The van der Waals surface area contributed by atoms with Gasteiger partial charge in [0.05, 0.1) is 19.3 Å². The van der Waals surface area contributed by atoms with Crippen molar-refractivity contribution in [3.05, 3.63) is 22.4 Å². The second kappa shape index (κ2) is 10.9. The Balaban J connectivity index is 2.59. The molecule has 6 nitrogen and oxygen atoms in total. The van der Waals surface area contributed by atoms with Crippen LogP contribution in [0.5, 0.6) is 0 Å². The Kier molecular flexibility index (Phi) is 9.21. The van der Waals surface area contributed by atoms with E-state index in [9.17, 15) is 9.59 Å². The highest BCUT2D eigenvalue weighted by Crippen LogP contribution is 2.52. The van der Waals surface area contributed by atoms with Gasteiger partial charge in [0.15, 0.2) is 8.32 Å². The summed E-state index contributed by atoms with van der Waals surface area (Å²) in [4.78, 5) is 29.7. The Morgan fingerprint density at radius 1 is 1.21 bits per heavy atom. The van der Waals surface area contributed by atoms with Gasteiger partial charge < -0.3 is 13.9 Å². The van der Waals surface area contributed by atoms with Gasteiger partial charge in [0.1, 0.15) is 5.54 Å². The van der Waals surface area contributed by atoms with Crippen molar-refractivity contribution >= 4 is 31.7 Å². The molecule has 0 aromatic carbocycles. The molecular formula is C25H43NO5SSi. The molecule has 0 bridgehead atoms. The number of carbonyl (C=O) groups is 2. The molecule has 188 valence electrons. The van der Waals surface area contributed by atoms with Crippen molar-refractivity contribution in [1.82, 2.24) is 4.90 Å². The smallest absolute Gasteiger partial charge is 0.411 e. The third-order valence-electron chi connectivity index (χ3n) is 6.95. The van der Waals surface area contributed by atoms with E-state index in [0.717, 1.165) is 4.88 Å². The molecule has 1 aliphatic rings. The normalized spacial score (nSPS) is 23.8. The number of thiophene rings is 1. The van der Waals surface area contributed by atoms with E-state index in [4.69, 9.17) is 13.9 Å². The van der Waals surface area contributed by atoms with E-state index in [1.807, 2.05) is 17.5 Å². The van der Waals surface area contributed by atoms with Crippen LogP contribution in [0.25, 0.3) is 0 Å². The van der Waals surface area contributed by atoms with Gasteiger partial charge in [-0.3, -0.25) is 4.90 Å². The van der Waals surface area contributed by atoms with Gasteiger partial charge in [-0.05, 0) is 62.2 Å². The number of hydrogen-bond acceptors (Lipinski definition) is 6. The van der Waals surface area contributed by atoms with Crippen LogP contribution in [-0.4, -0.2) is 50.6 Å². The molecule has 0 aliphatic carbocycles. The summed E-state index contributed by atoms with van der Waals surface area (Å²) in [5, 5.41) is 2.08. The molecular weight excluding hydrogens is 454 g/mol. The van der Waals surface area contributed by atoms with E-state index in [2.05, 4.69) is 47.7 Å². The largest absolute Gasteiger partial charge is 0.464 e. The first-order valence-corrected chi connectivity index (χ1v) is 15.9. The molecule has 0 unspecified atom stereocenters. The number of esters is 1. The fourth-order valence-corrected chi connectivity index (χ4v) is 6.46. The maximum atomic E-state index is 13.5. The minimum Gasteiger partial charge on any atom is -0.464 e. The van der Waals surface area contributed by atoms with Crippen molar-refractivity contribution in [3.63, 3.8) is 0 Å². The lowest BCUT2D eigenvalue weighted by molar-refractivity contribution is -0.157. The van der Waals surface area contributed by atoms with Gasteiger partial charge in [-0.1, -0.05) is 40.7 Å². The maximum absolute atomic E-state index is 13.5. The summed E-state index contributed by atoms with van der Waals surface area (Å²) in [7, 11) is -2.02. The van der Waals surface area contributed by atoms with Crippen LogP contribution >= 0.6 is 11.3 Å². The van der Waals surface area contributed by atoms with Gasteiger partial charge >= 0.3 is 12.1 Å². The van der Waals surface area contributed by atoms with Crippen molar-refractivity contribution in [3.8, 4) is 0 Å². The molecule has 2 heterocycles. The minimum absolute atomic E-state index is 0.0367. The Hall–Kier alpha value is -1.38. The Morgan fingerprint density at radius 2 is 1.85 bits per heavy atom. The van der Waals surface area contributed by atoms with Gasteiger partial charge in [0.25, 0.3) is 0 Å². The van der Waals surface area contributed by atoms with Crippen LogP contribution in [0.3, 0.4) is 0 Å². The summed E-state index contributed by atoms with van der Waals surface area (Å²) in [6.07, 6.45) is 0.558. The average molecular weight is 498 g/mol. The van der Waals surface area contributed by atoms with E-state index in [-0.39, 0.29) is 42.1 Å². The van der Waals surface area contributed by atoms with Crippen LogP contribution < -0.4 is 0 Å². The third-order valence-corrected chi connectivity index (χ3v) is 12.4. The van der Waals surface area contributed by atoms with Crippen LogP contribution in [0, 0.1) is 11.8 Å². The molecule has 1 saturated heterocycles. The van der Waals surface area contributed by atoms with Crippen LogP contribution in [-0.2, 0) is 18.7 Å². The summed E-state index contributed by atoms with van der Waals surface area (Å²) in [6.45, 7) is 19.9. The van der Waals surface area contributed by atoms with E-state index in [0.29, 0.717) is 19.4 Å². The second-order valence-electron chi connectivity index (χ2n) is 10.9. The molecule has 0 N–H and O–H groups in total. The number of rotatable bonds is 9. The summed E-state index contributed by atoms with van der Waals surface area (Å²) in [5.41, 5.74) is -1.08. The molecule has 8 heteroatoms. The number of likely N-dealkylation sites (tertiary alicyclic amines) is 1. The molecule has 1 aromatic rings. The molecule has 1 fully saturated rings. The van der Waals surface area contributed by atoms with Gasteiger partial charge in [0.2, 0.25) is 0 Å². The Bertz CT molecular complexity index is 789. The molecule has 0 saturated carbocycles. The van der Waals surface area contributed by atoms with Crippen molar-refractivity contribution < 1.29 is 23.5 Å². The zero-order valence-electron chi connectivity index (χ0n) is 21.9. The van der Waals surface area contributed by atoms with Crippen molar-refractivity contribution in [2.24, 2.45) is 11.8 Å². The van der Waals surface area contributed by atoms with Crippen LogP contribution in [0.1, 0.15) is 72.2 Å². The minimum atomic E-state index is -2.02. The van der Waals surface area contributed by atoms with Crippen molar-refractivity contribution in [2.75, 3.05) is 19.8 Å². The third kappa shape index (κ3) is 6.01. The van der Waals surface area contributed by atoms with E-state index in [1.165, 1.54) is 0 Å². The summed E-state index contributed by atoms with van der Waals surface area (Å²) in [6, 6.07) is 3.73. The number of hydrogen-bond donors (Lipinski definition) is 0. The summed E-state index contributed by atoms with van der Waals surface area (Å²) < 4.78 is 17.7. The zero-order valence-corrected chi connectivity index (χ0v) is 23.7. The molecule has 1 aliphatic heterocycles. The van der Waals surface area contributed by atoms with Crippen LogP contribution in [0.4, 0.5) is 4.79 Å². The van der Waals surface area contributed by atoms with Crippen molar-refractivity contribution in [2.45, 2.75) is 91.0 Å². The lowest BCUT2D eigenvalue weighted by atomic mass is 9.84. The first-order valence-electron chi connectivity index (χ1n) is 12.1. The topological polar surface area (TPSA) is 65.1 Å². The molecule has 3 atom stereocenters. The lowest BCUT2D eigenvalue weighted by Crippen LogP contribution is -2.55. The van der Waals surface area contributed by atoms with E-state index < -0.39 is 19.9 Å². The first kappa shape index (κ1) is 27.9. The monoisotopic (exact) mass is 497 g/mol. The van der Waals surface area contributed by atoms with Gasteiger partial charge in [-0.25, -0.2) is 9.59 Å². The molecule has 33 heavy (non-hydrogen) atoms. The van der Waals surface area contributed by atoms with Gasteiger partial charge in [0, 0.05) is 17.4 Å². The van der Waals surface area contributed by atoms with Gasteiger partial charge in [-0.15, -0.1) is 11.3 Å². The fourth-order valence-electron chi connectivity index (χ4n) is 4.49. The van der Waals surface area contributed by atoms with Crippen molar-refractivity contribution in [1.29, 1.82) is 0 Å². The highest BCUT2D eigenvalue weighted by atomic mass is 32.1. The molecule has 0 radical (unpaired) electrons. The first-order chi connectivity index (χ1) is 15.3. The predicted molar refractivity (Wildman–Crippen MR) is 136 cm³/mol. The van der Waals surface area contributed by atoms with Gasteiger partial charge in [-0.2, -0.15) is 0 Å². The molecule has 2 rings (SSSR count). The highest BCUT2D eigenvalue weighted by Gasteiger charge is 2.60. The molecule has 0 spiro atoms. The van der Waals surface area contributed by atoms with E-state index in [1.54, 1.807) is 30.1 Å². The number of carbonyl (C=O) groups excluding carboxylic acids is 2. The fraction of sp³-hybridized carbons (Fsp3) is 0.760. The number of ether oxygens (including phenoxy) is 2. The Morgan fingerprint density at radius 3 is 2.33 bits per heavy atom. The second-order valence-corrected chi connectivity index (χ2v) is 16.7. The maximum Gasteiger partial charge on any atom is 0.411 e. The number of nitrogens with zero attached hydrogens (tertiary/aromatic N) is 1. The SMILES string of the molecule is CCOC(=O)N1[C@@H](c2cccs2)[C@@H](CO[Si](C)(C)C(C)(C)C)C[C@@]1(CC(C)C)C(=O)OCC. The van der Waals surface area contributed by atoms with Crippen LogP contribution in [0.2, 0.25) is 18.1 Å². The Labute approximate surface area is 205 Å². The molecule has 1 aromatic heterocycles. The van der Waals surface area contributed by atoms with Crippen LogP contribution in [0.15, 0.2) is 17.5 Å². The predicted octanol–water partition coefficient (Wildman–Crippen LogP) is 6.64. The lowest BCUT2D eigenvalue weighted by Gasteiger charge is -2.39. The average Bonchev–Trinajstić information content (AvgIpc) is 3.32. The summed E-state index contributed by atoms with van der Waals surface area (Å²) in [5.74, 6) is -0.191. The summed E-state index contributed by atoms with van der Waals surface area (Å²) >= 11 is 1.60. The van der Waals surface area contributed by atoms with E-state index >= 15 is 0 Å².